The van der Waals surface area contributed by atoms with Gasteiger partial charge in [0.1, 0.15) is 0 Å². The van der Waals surface area contributed by atoms with E-state index in [1.807, 2.05) is 6.08 Å². The van der Waals surface area contributed by atoms with E-state index in [9.17, 15) is 24.6 Å². The van der Waals surface area contributed by atoms with Crippen molar-refractivity contribution in [3.8, 4) is 0 Å². The Hall–Kier alpha value is -0.110. The van der Waals surface area contributed by atoms with E-state index in [1.165, 1.54) is 64.2 Å². The number of aliphatic carboxylic acids is 2. The van der Waals surface area contributed by atoms with Gasteiger partial charge in [-0.15, -0.1) is 0 Å². The van der Waals surface area contributed by atoms with E-state index in [0.717, 1.165) is 12.8 Å². The average molecular weight is 468 g/mol. The summed E-state index contributed by atoms with van der Waals surface area (Å²) in [5.41, 5.74) is 0. The second kappa shape index (κ2) is 27.1. The molecule has 0 bridgehead atoms. The van der Waals surface area contributed by atoms with Crippen LogP contribution >= 0.6 is 0 Å². The molecule has 0 aliphatic heterocycles. The van der Waals surface area contributed by atoms with E-state index < -0.39 is 30.3 Å². The molecule has 0 saturated carbocycles. The Morgan fingerprint density at radius 2 is 1.16 bits per heavy atom. The summed E-state index contributed by atoms with van der Waals surface area (Å²) in [6.07, 6.45) is 23.0. The van der Waals surface area contributed by atoms with E-state index in [0.29, 0.717) is 6.42 Å². The van der Waals surface area contributed by atoms with Gasteiger partial charge in [0.2, 0.25) is 5.91 Å². The molecule has 0 aromatic heterocycles. The monoisotopic (exact) mass is 467 g/mol. The maximum absolute atomic E-state index is 11.7. The number of amides is 1. The summed E-state index contributed by atoms with van der Waals surface area (Å²) in [5, 5.41) is 23.4. The molecule has 0 fully saturated rings. The first-order chi connectivity index (χ1) is 14.5. The van der Waals surface area contributed by atoms with Crippen LogP contribution in [0.25, 0.3) is 0 Å². The predicted molar refractivity (Wildman–Crippen MR) is 115 cm³/mol. The topological polar surface area (TPSA) is 109 Å². The molecule has 0 aromatic rings. The zero-order valence-corrected chi connectivity index (χ0v) is 24.5. The minimum absolute atomic E-state index is 0. The maximum Gasteiger partial charge on any atom is 1.00 e. The van der Waals surface area contributed by atoms with Crippen LogP contribution in [-0.2, 0) is 14.4 Å². The Balaban J connectivity index is -0.00000420. The Morgan fingerprint density at radius 1 is 0.719 bits per heavy atom. The van der Waals surface area contributed by atoms with E-state index in [4.69, 9.17) is 0 Å². The van der Waals surface area contributed by atoms with Crippen molar-refractivity contribution in [3.63, 3.8) is 0 Å². The molecule has 0 aromatic carbocycles. The van der Waals surface area contributed by atoms with Gasteiger partial charge in [-0.05, 0) is 51.4 Å². The average Bonchev–Trinajstić information content (AvgIpc) is 2.69. The summed E-state index contributed by atoms with van der Waals surface area (Å²) >= 11 is 0. The Kier molecular flexibility index (Phi) is 30.9. The quantitative estimate of drug-likeness (QED) is 0.116. The van der Waals surface area contributed by atoms with Crippen molar-refractivity contribution in [1.29, 1.82) is 0 Å². The number of carbonyl (C=O) groups is 3. The van der Waals surface area contributed by atoms with Crippen LogP contribution in [-0.4, -0.2) is 23.9 Å². The largest absolute Gasteiger partial charge is 1.00 e. The van der Waals surface area contributed by atoms with Crippen molar-refractivity contribution in [1.82, 2.24) is 5.32 Å². The van der Waals surface area contributed by atoms with Crippen LogP contribution in [0.2, 0.25) is 0 Å². The van der Waals surface area contributed by atoms with E-state index >= 15 is 0 Å². The van der Waals surface area contributed by atoms with Gasteiger partial charge in [0.25, 0.3) is 0 Å². The third-order valence-corrected chi connectivity index (χ3v) is 4.81. The van der Waals surface area contributed by atoms with Gasteiger partial charge in [-0.1, -0.05) is 63.3 Å². The van der Waals surface area contributed by atoms with Crippen LogP contribution in [0.4, 0.5) is 0 Å². The standard InChI is InChI=1S/C24H41NO5.2Na/c1-2-3-4-5-6-7-8-9-10-11-12-13-14-15-16-17-18-19-22(26)25-21(24(29)30)20-23(27)28;;/h6-7,15-16,21H,2-5,8-14,17-20H2,1H3,(H,25,26)(H,27,28)(H,29,30);;/q;2*+1/p-2/b7-6-,16-15-;;. The molecule has 172 valence electrons. The second-order valence-corrected chi connectivity index (χ2v) is 7.69. The number of carboxylic acid groups (broad SMARTS) is 2. The zero-order chi connectivity index (χ0) is 22.5. The molecular formula is C24H39NNa2O5. The fourth-order valence-electron chi connectivity index (χ4n) is 3.05. The van der Waals surface area contributed by atoms with Gasteiger partial charge in [-0.3, -0.25) is 4.79 Å². The molecule has 0 aliphatic carbocycles. The van der Waals surface area contributed by atoms with Crippen molar-refractivity contribution >= 4 is 17.8 Å². The molecule has 1 atom stereocenters. The Labute approximate surface area is 238 Å². The molecule has 32 heavy (non-hydrogen) atoms. The predicted octanol–water partition coefficient (Wildman–Crippen LogP) is -3.04. The first kappa shape index (κ1) is 36.5. The van der Waals surface area contributed by atoms with Gasteiger partial charge in [-0.2, -0.15) is 0 Å². The zero-order valence-electron chi connectivity index (χ0n) is 20.5. The number of carbonyl (C=O) groups excluding carboxylic acids is 3. The SMILES string of the molecule is CCCCC/C=C\CCCCCCC/C=C\CCCC(=O)NC(CC(=O)[O-])C(=O)[O-].[Na+].[Na+]. The number of allylic oxidation sites excluding steroid dienone is 4. The number of hydrogen-bond donors (Lipinski definition) is 1. The van der Waals surface area contributed by atoms with Gasteiger partial charge in [0.05, 0.1) is 12.0 Å². The first-order valence-electron chi connectivity index (χ1n) is 11.5. The number of unbranched alkanes of at least 4 members (excludes halogenated alkanes) is 10. The van der Waals surface area contributed by atoms with Gasteiger partial charge >= 0.3 is 59.1 Å². The normalized spacial score (nSPS) is 11.7. The molecule has 1 N–H and O–H groups in total. The molecule has 0 saturated heterocycles. The Bertz CT molecular complexity index is 538. The number of hydrogen-bond acceptors (Lipinski definition) is 5. The van der Waals surface area contributed by atoms with Crippen molar-refractivity contribution < 1.29 is 83.7 Å². The summed E-state index contributed by atoms with van der Waals surface area (Å²) in [6, 6.07) is -1.54. The van der Waals surface area contributed by atoms with Crippen LogP contribution in [0.1, 0.15) is 103 Å². The molecule has 0 spiro atoms. The van der Waals surface area contributed by atoms with Crippen LogP contribution < -0.4 is 74.6 Å². The summed E-state index contributed by atoms with van der Waals surface area (Å²) in [4.78, 5) is 32.9. The Morgan fingerprint density at radius 3 is 1.59 bits per heavy atom. The van der Waals surface area contributed by atoms with Crippen molar-refractivity contribution in [2.45, 2.75) is 109 Å². The van der Waals surface area contributed by atoms with Crippen molar-refractivity contribution in [3.05, 3.63) is 24.3 Å². The summed E-state index contributed by atoms with van der Waals surface area (Å²) < 4.78 is 0. The summed E-state index contributed by atoms with van der Waals surface area (Å²) in [7, 11) is 0. The molecule has 0 aliphatic rings. The van der Waals surface area contributed by atoms with Crippen LogP contribution in [0.3, 0.4) is 0 Å². The molecule has 8 heteroatoms. The third-order valence-electron chi connectivity index (χ3n) is 4.81. The third kappa shape index (κ3) is 26.1. The fourth-order valence-corrected chi connectivity index (χ4v) is 3.05. The van der Waals surface area contributed by atoms with Gasteiger partial charge in [-0.25, -0.2) is 0 Å². The number of carboxylic acids is 2. The van der Waals surface area contributed by atoms with Crippen molar-refractivity contribution in [2.24, 2.45) is 0 Å². The number of nitrogens with one attached hydrogen (secondary N) is 1. The van der Waals surface area contributed by atoms with Crippen LogP contribution in [0.5, 0.6) is 0 Å². The van der Waals surface area contributed by atoms with E-state index in [2.05, 4.69) is 30.5 Å². The summed E-state index contributed by atoms with van der Waals surface area (Å²) in [5.74, 6) is -3.65. The first-order valence-corrected chi connectivity index (χ1v) is 11.5. The maximum atomic E-state index is 11.7. The molecular weight excluding hydrogens is 428 g/mol. The van der Waals surface area contributed by atoms with Gasteiger partial charge in [0.15, 0.2) is 0 Å². The molecule has 0 heterocycles. The van der Waals surface area contributed by atoms with Crippen LogP contribution in [0.15, 0.2) is 24.3 Å². The van der Waals surface area contributed by atoms with Gasteiger partial charge in [0, 0.05) is 18.8 Å². The van der Waals surface area contributed by atoms with E-state index in [1.54, 1.807) is 0 Å². The molecule has 1 unspecified atom stereocenters. The van der Waals surface area contributed by atoms with E-state index in [-0.39, 0.29) is 65.5 Å². The van der Waals surface area contributed by atoms with Gasteiger partial charge < -0.3 is 25.1 Å². The minimum atomic E-state index is -1.62. The molecule has 1 amide bonds. The second-order valence-electron chi connectivity index (χ2n) is 7.69. The van der Waals surface area contributed by atoms with Crippen molar-refractivity contribution in [2.75, 3.05) is 0 Å². The molecule has 6 nitrogen and oxygen atoms in total. The number of rotatable bonds is 20. The fraction of sp³-hybridized carbons (Fsp3) is 0.708. The molecule has 0 rings (SSSR count). The molecule has 0 radical (unpaired) electrons. The van der Waals surface area contributed by atoms with Crippen LogP contribution in [0, 0.1) is 0 Å². The smallest absolute Gasteiger partial charge is 0.550 e. The summed E-state index contributed by atoms with van der Waals surface area (Å²) in [6.45, 7) is 2.23. The minimum Gasteiger partial charge on any atom is -0.550 e.